The summed E-state index contributed by atoms with van der Waals surface area (Å²) in [5, 5.41) is 22.0. The van der Waals surface area contributed by atoms with E-state index < -0.39 is 5.91 Å². The molecule has 0 aliphatic rings. The Labute approximate surface area is 158 Å². The summed E-state index contributed by atoms with van der Waals surface area (Å²) >= 11 is 3.34. The zero-order valence-corrected chi connectivity index (χ0v) is 15.2. The molecule has 0 fully saturated rings. The summed E-state index contributed by atoms with van der Waals surface area (Å²) in [6, 6.07) is 18.8. The number of nitrogens with one attached hydrogen (secondary N) is 1. The van der Waals surface area contributed by atoms with Crippen LogP contribution in [0.25, 0.3) is 17.0 Å². The third kappa shape index (κ3) is 3.66. The number of halogens is 1. The van der Waals surface area contributed by atoms with E-state index in [0.29, 0.717) is 5.69 Å². The Hall–Kier alpha value is -3.35. The quantitative estimate of drug-likeness (QED) is 0.514. The molecule has 1 amide bonds. The minimum atomic E-state index is -0.484. The smallest absolute Gasteiger partial charge is 0.266 e. The Balaban J connectivity index is 1.97. The molecule has 1 aromatic heterocycles. The molecule has 1 N–H and O–H groups in total. The molecule has 3 rings (SSSR count). The topological polar surface area (TPSA) is 81.6 Å². The van der Waals surface area contributed by atoms with E-state index in [1.54, 1.807) is 35.0 Å². The molecule has 26 heavy (non-hydrogen) atoms. The molecular formula is C20H13BrN4O. The van der Waals surface area contributed by atoms with Gasteiger partial charge < -0.3 is 9.88 Å². The fraction of sp³-hybridized carbons (Fsp3) is 0.0500. The number of hydrogen-bond donors (Lipinski definition) is 1. The lowest BCUT2D eigenvalue weighted by Gasteiger charge is -2.04. The Morgan fingerprint density at radius 2 is 2.00 bits per heavy atom. The number of aromatic nitrogens is 1. The number of nitrogens with zero attached hydrogens (tertiary/aromatic N) is 3. The maximum atomic E-state index is 12.5. The second-order valence-electron chi connectivity index (χ2n) is 5.52. The van der Waals surface area contributed by atoms with Crippen molar-refractivity contribution in [1.82, 2.24) is 4.57 Å². The van der Waals surface area contributed by atoms with Gasteiger partial charge in [-0.1, -0.05) is 40.2 Å². The van der Waals surface area contributed by atoms with Crippen molar-refractivity contribution in [1.29, 1.82) is 10.5 Å². The van der Waals surface area contributed by atoms with Gasteiger partial charge in [0.25, 0.3) is 5.91 Å². The van der Waals surface area contributed by atoms with Crippen molar-refractivity contribution in [2.24, 2.45) is 0 Å². The molecule has 6 heteroatoms. The Morgan fingerprint density at radius 1 is 1.19 bits per heavy atom. The van der Waals surface area contributed by atoms with E-state index in [9.17, 15) is 10.1 Å². The van der Waals surface area contributed by atoms with Gasteiger partial charge in [0.05, 0.1) is 6.07 Å². The van der Waals surface area contributed by atoms with Crippen LogP contribution in [-0.2, 0) is 11.3 Å². The SMILES string of the molecule is N#CCn1cc(C=C(C#N)C(=O)Nc2cccc(Br)c2)c2ccccc21. The molecule has 1 heterocycles. The number of para-hydroxylation sites is 1. The largest absolute Gasteiger partial charge is 0.333 e. The normalized spacial score (nSPS) is 11.0. The molecule has 0 saturated heterocycles. The number of anilines is 1. The lowest BCUT2D eigenvalue weighted by molar-refractivity contribution is -0.112. The molecule has 0 bridgehead atoms. The van der Waals surface area contributed by atoms with Gasteiger partial charge >= 0.3 is 0 Å². The predicted molar refractivity (Wildman–Crippen MR) is 104 cm³/mol. The van der Waals surface area contributed by atoms with Crippen molar-refractivity contribution >= 4 is 44.5 Å². The highest BCUT2D eigenvalue weighted by Gasteiger charge is 2.12. The number of nitriles is 2. The lowest BCUT2D eigenvalue weighted by Crippen LogP contribution is -2.13. The average molecular weight is 405 g/mol. The molecule has 0 spiro atoms. The lowest BCUT2D eigenvalue weighted by atomic mass is 10.1. The van der Waals surface area contributed by atoms with Gasteiger partial charge in [-0.05, 0) is 30.3 Å². The van der Waals surface area contributed by atoms with E-state index in [-0.39, 0.29) is 12.1 Å². The van der Waals surface area contributed by atoms with E-state index >= 15 is 0 Å². The van der Waals surface area contributed by atoms with Gasteiger partial charge in [-0.2, -0.15) is 10.5 Å². The van der Waals surface area contributed by atoms with E-state index in [1.807, 2.05) is 36.4 Å². The zero-order chi connectivity index (χ0) is 18.5. The number of rotatable bonds is 4. The highest BCUT2D eigenvalue weighted by Crippen LogP contribution is 2.24. The van der Waals surface area contributed by atoms with Crippen molar-refractivity contribution in [3.8, 4) is 12.1 Å². The van der Waals surface area contributed by atoms with Crippen LogP contribution >= 0.6 is 15.9 Å². The summed E-state index contributed by atoms with van der Waals surface area (Å²) in [4.78, 5) is 12.5. The van der Waals surface area contributed by atoms with E-state index in [2.05, 4.69) is 27.3 Å². The summed E-state index contributed by atoms with van der Waals surface area (Å²) in [5.74, 6) is -0.484. The fourth-order valence-electron chi connectivity index (χ4n) is 2.67. The first-order chi connectivity index (χ1) is 12.6. The van der Waals surface area contributed by atoms with Crippen LogP contribution in [-0.4, -0.2) is 10.5 Å². The first-order valence-electron chi connectivity index (χ1n) is 7.76. The summed E-state index contributed by atoms with van der Waals surface area (Å²) in [7, 11) is 0. The molecule has 0 saturated carbocycles. The maximum Gasteiger partial charge on any atom is 0.266 e. The molecule has 0 aliphatic heterocycles. The third-order valence-corrected chi connectivity index (χ3v) is 4.30. The zero-order valence-electron chi connectivity index (χ0n) is 13.6. The number of carbonyl (C=O) groups excluding carboxylic acids is 1. The van der Waals surface area contributed by atoms with Crippen LogP contribution in [0.3, 0.4) is 0 Å². The number of hydrogen-bond acceptors (Lipinski definition) is 3. The minimum absolute atomic E-state index is 0.00941. The maximum absolute atomic E-state index is 12.5. The van der Waals surface area contributed by atoms with Crippen LogP contribution < -0.4 is 5.32 Å². The van der Waals surface area contributed by atoms with Crippen molar-refractivity contribution in [3.63, 3.8) is 0 Å². The van der Waals surface area contributed by atoms with Gasteiger partial charge in [0, 0.05) is 32.8 Å². The highest BCUT2D eigenvalue weighted by atomic mass is 79.9. The Morgan fingerprint density at radius 3 is 2.73 bits per heavy atom. The van der Waals surface area contributed by atoms with Gasteiger partial charge in [0.1, 0.15) is 18.2 Å². The molecule has 126 valence electrons. The summed E-state index contributed by atoms with van der Waals surface area (Å²) in [6.45, 7) is 0.195. The van der Waals surface area contributed by atoms with Crippen LogP contribution in [0.15, 0.2) is 64.8 Å². The highest BCUT2D eigenvalue weighted by molar-refractivity contribution is 9.10. The standard InChI is InChI=1S/C20H13BrN4O/c21-16-4-3-5-17(11-16)24-20(26)14(12-23)10-15-13-25(9-8-22)19-7-2-1-6-18(15)19/h1-7,10-11,13H,9H2,(H,24,26). The van der Waals surface area contributed by atoms with Crippen molar-refractivity contribution in [2.75, 3.05) is 5.32 Å². The van der Waals surface area contributed by atoms with Crippen molar-refractivity contribution in [3.05, 3.63) is 70.3 Å². The average Bonchev–Trinajstić information content (AvgIpc) is 2.98. The van der Waals surface area contributed by atoms with Gasteiger partial charge in [-0.3, -0.25) is 4.79 Å². The van der Waals surface area contributed by atoms with Crippen molar-refractivity contribution in [2.45, 2.75) is 6.54 Å². The number of benzene rings is 2. The minimum Gasteiger partial charge on any atom is -0.333 e. The van der Waals surface area contributed by atoms with Crippen LogP contribution in [0.4, 0.5) is 5.69 Å². The molecule has 5 nitrogen and oxygen atoms in total. The second-order valence-corrected chi connectivity index (χ2v) is 6.44. The number of fused-ring (bicyclic) bond motifs is 1. The molecule has 0 radical (unpaired) electrons. The van der Waals surface area contributed by atoms with Gasteiger partial charge in [-0.25, -0.2) is 0 Å². The first-order valence-corrected chi connectivity index (χ1v) is 8.55. The van der Waals surface area contributed by atoms with Crippen LogP contribution in [0.5, 0.6) is 0 Å². The third-order valence-electron chi connectivity index (χ3n) is 3.81. The predicted octanol–water partition coefficient (Wildman–Crippen LogP) is 4.47. The molecule has 2 aromatic carbocycles. The molecule has 0 aliphatic carbocycles. The van der Waals surface area contributed by atoms with Gasteiger partial charge in [0.2, 0.25) is 0 Å². The summed E-state index contributed by atoms with van der Waals surface area (Å²) in [6.07, 6.45) is 3.32. The molecule has 0 atom stereocenters. The van der Waals surface area contributed by atoms with Crippen LogP contribution in [0, 0.1) is 22.7 Å². The molecule has 3 aromatic rings. The molecule has 0 unspecified atom stereocenters. The summed E-state index contributed by atoms with van der Waals surface area (Å²) in [5.41, 5.74) is 2.18. The second kappa shape index (κ2) is 7.69. The fourth-order valence-corrected chi connectivity index (χ4v) is 3.07. The van der Waals surface area contributed by atoms with E-state index in [0.717, 1.165) is 20.9 Å². The van der Waals surface area contributed by atoms with Crippen LogP contribution in [0.1, 0.15) is 5.56 Å². The number of carbonyl (C=O) groups is 1. The monoisotopic (exact) mass is 404 g/mol. The van der Waals surface area contributed by atoms with Crippen LogP contribution in [0.2, 0.25) is 0 Å². The number of amides is 1. The van der Waals surface area contributed by atoms with E-state index in [4.69, 9.17) is 5.26 Å². The molecular weight excluding hydrogens is 392 g/mol. The summed E-state index contributed by atoms with van der Waals surface area (Å²) < 4.78 is 2.62. The van der Waals surface area contributed by atoms with E-state index in [1.165, 1.54) is 0 Å². The Kier molecular flexibility index (Phi) is 5.17. The van der Waals surface area contributed by atoms with Gasteiger partial charge in [-0.15, -0.1) is 0 Å². The van der Waals surface area contributed by atoms with Gasteiger partial charge in [0.15, 0.2) is 0 Å². The Bertz CT molecular complexity index is 1100. The first kappa shape index (κ1) is 17.5. The van der Waals surface area contributed by atoms with Crippen molar-refractivity contribution < 1.29 is 4.79 Å².